The lowest BCUT2D eigenvalue weighted by Crippen LogP contribution is -2.19. The first kappa shape index (κ1) is 13.6. The average molecular weight is 333 g/mol. The van der Waals surface area contributed by atoms with Gasteiger partial charge in [-0.15, -0.1) is 0 Å². The summed E-state index contributed by atoms with van der Waals surface area (Å²) < 4.78 is 19.6. The summed E-state index contributed by atoms with van der Waals surface area (Å²) in [4.78, 5) is 0. The van der Waals surface area contributed by atoms with Gasteiger partial charge in [0.25, 0.3) is 0 Å². The highest BCUT2D eigenvalue weighted by atomic mass is 79.9. The molecule has 1 atom stereocenters. The first-order chi connectivity index (χ1) is 8.61. The van der Waals surface area contributed by atoms with Gasteiger partial charge in [0.2, 0.25) is 0 Å². The van der Waals surface area contributed by atoms with Gasteiger partial charge in [-0.3, -0.25) is 0 Å². The molecule has 0 aliphatic heterocycles. The van der Waals surface area contributed by atoms with Crippen LogP contribution in [0.2, 0.25) is 5.02 Å². The molecular weight excluding hydrogens is 321 g/mol. The predicted octanol–water partition coefficient (Wildman–Crippen LogP) is 4.34. The van der Waals surface area contributed by atoms with E-state index in [9.17, 15) is 4.39 Å². The molecule has 96 valence electrons. The number of furan rings is 1. The Morgan fingerprint density at radius 3 is 2.78 bits per heavy atom. The Morgan fingerprint density at radius 2 is 2.22 bits per heavy atom. The lowest BCUT2D eigenvalue weighted by molar-refractivity contribution is 0.512. The minimum Gasteiger partial charge on any atom is -0.457 e. The number of rotatable bonds is 4. The van der Waals surface area contributed by atoms with E-state index in [0.717, 1.165) is 5.56 Å². The lowest BCUT2D eigenvalue weighted by atomic mass is 10.0. The van der Waals surface area contributed by atoms with Crippen LogP contribution in [0.15, 0.2) is 39.6 Å². The zero-order valence-corrected chi connectivity index (χ0v) is 12.1. The van der Waals surface area contributed by atoms with Gasteiger partial charge in [-0.05, 0) is 53.2 Å². The SMILES string of the molecule is CNC(Cc1ccc(Cl)cc1F)c1ccoc1Br. The minimum absolute atomic E-state index is 0.0196. The van der Waals surface area contributed by atoms with Gasteiger partial charge in [-0.1, -0.05) is 17.7 Å². The number of likely N-dealkylation sites (N-methyl/N-ethyl adjacent to an activating group) is 1. The maximum atomic E-state index is 13.7. The predicted molar refractivity (Wildman–Crippen MR) is 73.3 cm³/mol. The summed E-state index contributed by atoms with van der Waals surface area (Å²) in [5, 5.41) is 3.55. The smallest absolute Gasteiger partial charge is 0.173 e. The third-order valence-corrected chi connectivity index (χ3v) is 3.69. The number of halogens is 3. The number of nitrogens with one attached hydrogen (secondary N) is 1. The van der Waals surface area contributed by atoms with Crippen LogP contribution in [0.3, 0.4) is 0 Å². The highest BCUT2D eigenvalue weighted by Gasteiger charge is 2.17. The molecule has 0 aliphatic carbocycles. The van der Waals surface area contributed by atoms with Crippen molar-refractivity contribution in [2.24, 2.45) is 0 Å². The third-order valence-electron chi connectivity index (χ3n) is 2.81. The molecular formula is C13H12BrClFNO. The van der Waals surface area contributed by atoms with Crippen LogP contribution >= 0.6 is 27.5 Å². The highest BCUT2D eigenvalue weighted by molar-refractivity contribution is 9.10. The summed E-state index contributed by atoms with van der Waals surface area (Å²) in [7, 11) is 1.83. The normalized spacial score (nSPS) is 12.7. The fourth-order valence-corrected chi connectivity index (χ4v) is 2.50. The molecule has 0 saturated carbocycles. The summed E-state index contributed by atoms with van der Waals surface area (Å²) >= 11 is 9.06. The van der Waals surface area contributed by atoms with Crippen molar-refractivity contribution < 1.29 is 8.81 Å². The third kappa shape index (κ3) is 2.94. The monoisotopic (exact) mass is 331 g/mol. The molecule has 1 aromatic carbocycles. The van der Waals surface area contributed by atoms with E-state index in [-0.39, 0.29) is 11.9 Å². The van der Waals surface area contributed by atoms with Gasteiger partial charge in [0.05, 0.1) is 6.26 Å². The van der Waals surface area contributed by atoms with Crippen LogP contribution < -0.4 is 5.32 Å². The molecule has 2 nitrogen and oxygen atoms in total. The Labute approximate surface area is 118 Å². The van der Waals surface area contributed by atoms with Gasteiger partial charge in [-0.2, -0.15) is 0 Å². The van der Waals surface area contributed by atoms with Crippen LogP contribution in [0, 0.1) is 5.82 Å². The molecule has 5 heteroatoms. The number of hydrogen-bond acceptors (Lipinski definition) is 2. The minimum atomic E-state index is -0.289. The second kappa shape index (κ2) is 5.87. The van der Waals surface area contributed by atoms with Gasteiger partial charge < -0.3 is 9.73 Å². The second-order valence-electron chi connectivity index (χ2n) is 3.93. The van der Waals surface area contributed by atoms with E-state index in [1.54, 1.807) is 18.4 Å². The van der Waals surface area contributed by atoms with Crippen LogP contribution in [-0.4, -0.2) is 7.05 Å². The van der Waals surface area contributed by atoms with Crippen molar-refractivity contribution >= 4 is 27.5 Å². The molecule has 0 aliphatic rings. The van der Waals surface area contributed by atoms with E-state index < -0.39 is 0 Å². The first-order valence-corrected chi connectivity index (χ1v) is 6.63. The standard InChI is InChI=1S/C13H12BrClFNO/c1-17-12(10-4-5-18-13(10)14)6-8-2-3-9(15)7-11(8)16/h2-5,7,12,17H,6H2,1H3. The van der Waals surface area contributed by atoms with Crippen molar-refractivity contribution in [1.82, 2.24) is 5.32 Å². The van der Waals surface area contributed by atoms with E-state index in [2.05, 4.69) is 21.2 Å². The lowest BCUT2D eigenvalue weighted by Gasteiger charge is -2.15. The number of hydrogen-bond donors (Lipinski definition) is 1. The fourth-order valence-electron chi connectivity index (χ4n) is 1.83. The van der Waals surface area contributed by atoms with Crippen LogP contribution in [-0.2, 0) is 6.42 Å². The van der Waals surface area contributed by atoms with Crippen molar-refractivity contribution in [2.75, 3.05) is 7.05 Å². The van der Waals surface area contributed by atoms with E-state index in [1.807, 2.05) is 13.1 Å². The Bertz CT molecular complexity index is 544. The maximum Gasteiger partial charge on any atom is 0.173 e. The summed E-state index contributed by atoms with van der Waals surface area (Å²) in [6, 6.07) is 6.56. The molecule has 0 saturated heterocycles. The molecule has 2 aromatic rings. The molecule has 0 fully saturated rings. The first-order valence-electron chi connectivity index (χ1n) is 5.46. The van der Waals surface area contributed by atoms with Crippen LogP contribution in [0.1, 0.15) is 17.2 Å². The molecule has 0 spiro atoms. The molecule has 1 N–H and O–H groups in total. The summed E-state index contributed by atoms with van der Waals surface area (Å²) in [5.41, 5.74) is 1.58. The number of benzene rings is 1. The van der Waals surface area contributed by atoms with Gasteiger partial charge in [0.1, 0.15) is 5.82 Å². The average Bonchev–Trinajstić information content (AvgIpc) is 2.75. The molecule has 1 unspecified atom stereocenters. The van der Waals surface area contributed by atoms with Crippen molar-refractivity contribution in [3.8, 4) is 0 Å². The molecule has 2 rings (SSSR count). The molecule has 1 heterocycles. The van der Waals surface area contributed by atoms with Crippen LogP contribution in [0.4, 0.5) is 4.39 Å². The summed E-state index contributed by atoms with van der Waals surface area (Å²) in [6.45, 7) is 0. The maximum absolute atomic E-state index is 13.7. The Balaban J connectivity index is 2.23. The molecule has 0 bridgehead atoms. The molecule has 0 amide bonds. The molecule has 0 radical (unpaired) electrons. The Kier molecular flexibility index (Phi) is 4.43. The van der Waals surface area contributed by atoms with Gasteiger partial charge >= 0.3 is 0 Å². The van der Waals surface area contributed by atoms with Crippen LogP contribution in [0.5, 0.6) is 0 Å². The van der Waals surface area contributed by atoms with Crippen molar-refractivity contribution in [1.29, 1.82) is 0 Å². The van der Waals surface area contributed by atoms with E-state index in [0.29, 0.717) is 21.7 Å². The van der Waals surface area contributed by atoms with E-state index in [4.69, 9.17) is 16.0 Å². The van der Waals surface area contributed by atoms with E-state index >= 15 is 0 Å². The summed E-state index contributed by atoms with van der Waals surface area (Å²) in [5.74, 6) is -0.289. The van der Waals surface area contributed by atoms with Gasteiger partial charge in [-0.25, -0.2) is 4.39 Å². The second-order valence-corrected chi connectivity index (χ2v) is 5.09. The van der Waals surface area contributed by atoms with Crippen molar-refractivity contribution in [3.05, 3.63) is 57.2 Å². The quantitative estimate of drug-likeness (QED) is 0.901. The van der Waals surface area contributed by atoms with E-state index in [1.165, 1.54) is 6.07 Å². The summed E-state index contributed by atoms with van der Waals surface area (Å²) in [6.07, 6.45) is 2.12. The van der Waals surface area contributed by atoms with Gasteiger partial charge in [0.15, 0.2) is 4.67 Å². The van der Waals surface area contributed by atoms with Crippen LogP contribution in [0.25, 0.3) is 0 Å². The van der Waals surface area contributed by atoms with Crippen molar-refractivity contribution in [2.45, 2.75) is 12.5 Å². The Morgan fingerprint density at radius 1 is 1.44 bits per heavy atom. The molecule has 1 aromatic heterocycles. The fraction of sp³-hybridized carbons (Fsp3) is 0.231. The molecule has 18 heavy (non-hydrogen) atoms. The largest absolute Gasteiger partial charge is 0.457 e. The zero-order chi connectivity index (χ0) is 13.1. The topological polar surface area (TPSA) is 25.2 Å². The van der Waals surface area contributed by atoms with Crippen molar-refractivity contribution in [3.63, 3.8) is 0 Å². The zero-order valence-electron chi connectivity index (χ0n) is 9.71. The highest BCUT2D eigenvalue weighted by Crippen LogP contribution is 2.28. The Hall–Kier alpha value is -0.840. The van der Waals surface area contributed by atoms with Gasteiger partial charge in [0, 0.05) is 16.6 Å².